The molecule has 1 aromatic rings. The average Bonchev–Trinajstić information content (AvgIpc) is 2.45. The summed E-state index contributed by atoms with van der Waals surface area (Å²) in [7, 11) is 0. The molecule has 1 rings (SSSR count). The zero-order chi connectivity index (χ0) is 15.8. The lowest BCUT2D eigenvalue weighted by molar-refractivity contribution is -0.496. The number of esters is 1. The summed E-state index contributed by atoms with van der Waals surface area (Å²) in [6, 6.07) is 5.45. The number of carbonyl (C=O) groups excluding carboxylic acids is 2. The van der Waals surface area contributed by atoms with Crippen molar-refractivity contribution in [2.45, 2.75) is 32.9 Å². The molecule has 1 N–H and O–H groups in total. The average molecular weight is 294 g/mol. The Morgan fingerprint density at radius 3 is 2.57 bits per heavy atom. The Morgan fingerprint density at radius 1 is 1.33 bits per heavy atom. The molecule has 1 atom stereocenters. The Hall–Kier alpha value is -2.44. The maximum atomic E-state index is 11.8. The summed E-state index contributed by atoms with van der Waals surface area (Å²) < 4.78 is 4.53. The third kappa shape index (κ3) is 4.87. The molecule has 0 aliphatic heterocycles. The van der Waals surface area contributed by atoms with Crippen LogP contribution in [-0.4, -0.2) is 29.4 Å². The third-order valence-corrected chi connectivity index (χ3v) is 2.84. The van der Waals surface area contributed by atoms with Crippen molar-refractivity contribution in [3.63, 3.8) is 0 Å². The lowest BCUT2D eigenvalue weighted by Crippen LogP contribution is -2.45. The van der Waals surface area contributed by atoms with Gasteiger partial charge < -0.3 is 10.1 Å². The largest absolute Gasteiger partial charge is 0.460 e. The van der Waals surface area contributed by atoms with Crippen molar-refractivity contribution in [2.24, 2.45) is 0 Å². The van der Waals surface area contributed by atoms with Crippen LogP contribution in [0.15, 0.2) is 24.3 Å². The van der Waals surface area contributed by atoms with Crippen LogP contribution in [0.5, 0.6) is 0 Å². The van der Waals surface area contributed by atoms with Crippen molar-refractivity contribution in [1.29, 1.82) is 0 Å². The zero-order valence-corrected chi connectivity index (χ0v) is 12.0. The van der Waals surface area contributed by atoms with Gasteiger partial charge in [-0.3, -0.25) is 14.9 Å². The van der Waals surface area contributed by atoms with E-state index in [0.717, 1.165) is 17.5 Å². The van der Waals surface area contributed by atoms with Crippen LogP contribution < -0.4 is 5.32 Å². The molecule has 7 heteroatoms. The highest BCUT2D eigenvalue weighted by Gasteiger charge is 2.39. The lowest BCUT2D eigenvalue weighted by atomic mass is 10.1. The summed E-state index contributed by atoms with van der Waals surface area (Å²) in [4.78, 5) is 33.1. The van der Waals surface area contributed by atoms with E-state index in [0.29, 0.717) is 0 Å². The molecular weight excluding hydrogens is 276 g/mol. The lowest BCUT2D eigenvalue weighted by Gasteiger charge is -2.10. The molecule has 0 saturated carbocycles. The van der Waals surface area contributed by atoms with Crippen molar-refractivity contribution in [2.75, 3.05) is 6.61 Å². The first-order valence-corrected chi connectivity index (χ1v) is 6.65. The maximum Gasteiger partial charge on any atom is 0.392 e. The molecule has 0 radical (unpaired) electrons. The molecule has 1 aromatic carbocycles. The maximum absolute atomic E-state index is 11.8. The first kappa shape index (κ1) is 16.6. The van der Waals surface area contributed by atoms with E-state index in [4.69, 9.17) is 0 Å². The van der Waals surface area contributed by atoms with Crippen LogP contribution in [-0.2, 0) is 27.3 Å². The second-order valence-electron chi connectivity index (χ2n) is 4.33. The first-order valence-electron chi connectivity index (χ1n) is 6.65. The SMILES string of the molecule is CCOC(=O)C(C(=O)NCc1cccc(CC)c1)[N+](=O)[O-]. The van der Waals surface area contributed by atoms with E-state index in [1.807, 2.05) is 25.1 Å². The second-order valence-corrected chi connectivity index (χ2v) is 4.33. The van der Waals surface area contributed by atoms with Crippen molar-refractivity contribution in [3.05, 3.63) is 45.5 Å². The Bertz CT molecular complexity index is 530. The van der Waals surface area contributed by atoms with E-state index in [1.54, 1.807) is 6.07 Å². The molecule has 0 fully saturated rings. The van der Waals surface area contributed by atoms with Gasteiger partial charge in [-0.1, -0.05) is 31.2 Å². The highest BCUT2D eigenvalue weighted by atomic mass is 16.6. The van der Waals surface area contributed by atoms with Gasteiger partial charge in [0.1, 0.15) is 0 Å². The predicted molar refractivity (Wildman–Crippen MR) is 75.1 cm³/mol. The van der Waals surface area contributed by atoms with Crippen LogP contribution in [0.4, 0.5) is 0 Å². The Labute approximate surface area is 122 Å². The molecule has 0 heterocycles. The first-order chi connectivity index (χ1) is 9.99. The van der Waals surface area contributed by atoms with E-state index < -0.39 is 22.8 Å². The summed E-state index contributed by atoms with van der Waals surface area (Å²) in [5.74, 6) is -2.12. The van der Waals surface area contributed by atoms with Crippen molar-refractivity contribution >= 4 is 11.9 Å². The summed E-state index contributed by atoms with van der Waals surface area (Å²) in [6.45, 7) is 3.62. The number of hydrogen-bond acceptors (Lipinski definition) is 5. The topological polar surface area (TPSA) is 98.5 Å². The van der Waals surface area contributed by atoms with Gasteiger partial charge in [0.05, 0.1) is 6.61 Å². The fraction of sp³-hybridized carbons (Fsp3) is 0.429. The molecule has 1 amide bonds. The number of nitro groups is 1. The molecular formula is C14H18N2O5. The van der Waals surface area contributed by atoms with Crippen molar-refractivity contribution in [3.8, 4) is 0 Å². The van der Waals surface area contributed by atoms with Gasteiger partial charge >= 0.3 is 17.9 Å². The van der Waals surface area contributed by atoms with E-state index in [2.05, 4.69) is 10.1 Å². The van der Waals surface area contributed by atoms with Gasteiger partial charge in [-0.2, -0.15) is 0 Å². The number of carbonyl (C=O) groups is 2. The zero-order valence-electron chi connectivity index (χ0n) is 12.0. The summed E-state index contributed by atoms with van der Waals surface area (Å²) in [5, 5.41) is 13.2. The van der Waals surface area contributed by atoms with Crippen molar-refractivity contribution < 1.29 is 19.2 Å². The number of nitrogens with zero attached hydrogens (tertiary/aromatic N) is 1. The molecule has 1 unspecified atom stereocenters. The molecule has 0 saturated heterocycles. The van der Waals surface area contributed by atoms with Crippen molar-refractivity contribution in [1.82, 2.24) is 5.32 Å². The highest BCUT2D eigenvalue weighted by molar-refractivity contribution is 6.00. The molecule has 7 nitrogen and oxygen atoms in total. The van der Waals surface area contributed by atoms with E-state index in [1.165, 1.54) is 6.92 Å². The summed E-state index contributed by atoms with van der Waals surface area (Å²) in [5.41, 5.74) is 1.91. The minimum absolute atomic E-state index is 0.0189. The molecule has 0 aromatic heterocycles. The van der Waals surface area contributed by atoms with Gasteiger partial charge in [-0.05, 0) is 24.5 Å². The second kappa shape index (κ2) is 7.98. The van der Waals surface area contributed by atoms with Crippen LogP contribution in [0, 0.1) is 10.1 Å². The molecule has 114 valence electrons. The Kier molecular flexibility index (Phi) is 6.32. The van der Waals surface area contributed by atoms with E-state index >= 15 is 0 Å². The van der Waals surface area contributed by atoms with Gasteiger partial charge in [0, 0.05) is 11.5 Å². The quantitative estimate of drug-likeness (QED) is 0.351. The molecule has 0 aliphatic carbocycles. The number of hydrogen-bond donors (Lipinski definition) is 1. The van der Waals surface area contributed by atoms with Gasteiger partial charge in [0.2, 0.25) is 0 Å². The van der Waals surface area contributed by atoms with Crippen LogP contribution in [0.2, 0.25) is 0 Å². The molecule has 21 heavy (non-hydrogen) atoms. The van der Waals surface area contributed by atoms with Crippen LogP contribution >= 0.6 is 0 Å². The van der Waals surface area contributed by atoms with E-state index in [9.17, 15) is 19.7 Å². The number of nitrogens with one attached hydrogen (secondary N) is 1. The molecule has 0 aliphatic rings. The third-order valence-electron chi connectivity index (χ3n) is 2.84. The number of amides is 1. The monoisotopic (exact) mass is 294 g/mol. The minimum Gasteiger partial charge on any atom is -0.460 e. The molecule has 0 spiro atoms. The number of benzene rings is 1. The van der Waals surface area contributed by atoms with Crippen LogP contribution in [0.25, 0.3) is 0 Å². The highest BCUT2D eigenvalue weighted by Crippen LogP contribution is 2.06. The Morgan fingerprint density at radius 2 is 2.00 bits per heavy atom. The smallest absolute Gasteiger partial charge is 0.392 e. The number of ether oxygens (including phenoxy) is 1. The van der Waals surface area contributed by atoms with Gasteiger partial charge in [-0.25, -0.2) is 4.79 Å². The fourth-order valence-electron chi connectivity index (χ4n) is 1.76. The van der Waals surface area contributed by atoms with Gasteiger partial charge in [-0.15, -0.1) is 0 Å². The number of rotatable bonds is 7. The van der Waals surface area contributed by atoms with Crippen LogP contribution in [0.1, 0.15) is 25.0 Å². The fourth-order valence-corrected chi connectivity index (χ4v) is 1.76. The Balaban J connectivity index is 2.69. The normalized spacial score (nSPS) is 11.5. The summed E-state index contributed by atoms with van der Waals surface area (Å²) >= 11 is 0. The van der Waals surface area contributed by atoms with Gasteiger partial charge in [0.25, 0.3) is 0 Å². The minimum atomic E-state index is -2.03. The van der Waals surface area contributed by atoms with Crippen LogP contribution in [0.3, 0.4) is 0 Å². The molecule has 0 bridgehead atoms. The summed E-state index contributed by atoms with van der Waals surface area (Å²) in [6.07, 6.45) is 0.849. The predicted octanol–water partition coefficient (Wildman–Crippen LogP) is 1.07. The standard InChI is InChI=1S/C14H18N2O5/c1-3-10-6-5-7-11(8-10)9-15-13(17)12(16(19)20)14(18)21-4-2/h5-8,12H,3-4,9H2,1-2H3,(H,15,17). The number of aryl methyl sites for hydroxylation is 1. The van der Waals surface area contributed by atoms with Gasteiger partial charge in [0.15, 0.2) is 0 Å². The van der Waals surface area contributed by atoms with E-state index in [-0.39, 0.29) is 13.2 Å².